The van der Waals surface area contributed by atoms with Crippen LogP contribution in [-0.2, 0) is 6.42 Å². The van der Waals surface area contributed by atoms with E-state index in [1.807, 2.05) is 31.2 Å². The number of likely N-dealkylation sites (tertiary alicyclic amines) is 1. The van der Waals surface area contributed by atoms with E-state index in [0.717, 1.165) is 22.9 Å². The normalized spacial score (nSPS) is 20.7. The summed E-state index contributed by atoms with van der Waals surface area (Å²) in [5, 5.41) is 15.7. The van der Waals surface area contributed by atoms with Crippen molar-refractivity contribution in [2.45, 2.75) is 38.7 Å². The molecule has 1 saturated heterocycles. The maximum atomic E-state index is 12.9. The summed E-state index contributed by atoms with van der Waals surface area (Å²) in [5.41, 5.74) is 1.58. The van der Waals surface area contributed by atoms with Crippen LogP contribution in [0.2, 0.25) is 0 Å². The van der Waals surface area contributed by atoms with Gasteiger partial charge in [-0.05, 0) is 44.4 Å². The summed E-state index contributed by atoms with van der Waals surface area (Å²) in [7, 11) is 0. The Hall–Kier alpha value is -2.67. The van der Waals surface area contributed by atoms with Crippen molar-refractivity contribution in [3.63, 3.8) is 0 Å². The molecular weight excluding hydrogens is 332 g/mol. The van der Waals surface area contributed by atoms with E-state index in [4.69, 9.17) is 4.52 Å². The van der Waals surface area contributed by atoms with Crippen LogP contribution in [0.5, 0.6) is 0 Å². The number of aromatic nitrogens is 3. The van der Waals surface area contributed by atoms with Gasteiger partial charge >= 0.3 is 0 Å². The fourth-order valence-electron chi connectivity index (χ4n) is 3.65. The zero-order chi connectivity index (χ0) is 18.3. The summed E-state index contributed by atoms with van der Waals surface area (Å²) in [4.78, 5) is 22.0. The van der Waals surface area contributed by atoms with Gasteiger partial charge in [-0.3, -0.25) is 4.79 Å². The van der Waals surface area contributed by atoms with E-state index in [0.29, 0.717) is 30.4 Å². The molecule has 3 heterocycles. The predicted molar refractivity (Wildman–Crippen MR) is 95.9 cm³/mol. The first kappa shape index (κ1) is 16.8. The van der Waals surface area contributed by atoms with E-state index in [-0.39, 0.29) is 18.9 Å². The summed E-state index contributed by atoms with van der Waals surface area (Å²) in [6.07, 6.45) is 1.59. The molecule has 1 aliphatic rings. The number of hydrogen-bond acceptors (Lipinski definition) is 5. The minimum Gasteiger partial charge on any atom is -0.388 e. The molecule has 4 rings (SSSR count). The maximum Gasteiger partial charge on any atom is 0.270 e. The first-order valence-electron chi connectivity index (χ1n) is 8.82. The Labute approximate surface area is 151 Å². The fourth-order valence-corrected chi connectivity index (χ4v) is 3.65. The molecule has 136 valence electrons. The second-order valence-corrected chi connectivity index (χ2v) is 7.24. The van der Waals surface area contributed by atoms with Gasteiger partial charge in [0.25, 0.3) is 5.91 Å². The van der Waals surface area contributed by atoms with Crippen LogP contribution in [0.1, 0.15) is 40.6 Å². The largest absolute Gasteiger partial charge is 0.388 e. The van der Waals surface area contributed by atoms with Crippen LogP contribution in [0.4, 0.5) is 0 Å². The zero-order valence-electron chi connectivity index (χ0n) is 15.0. The molecule has 7 heteroatoms. The minimum absolute atomic E-state index is 0.0984. The topological polar surface area (TPSA) is 95.2 Å². The smallest absolute Gasteiger partial charge is 0.270 e. The number of aryl methyl sites for hydroxylation is 2. The number of aliphatic hydroxyl groups is 1. The average Bonchev–Trinajstić information content (AvgIpc) is 3.19. The Bertz CT molecular complexity index is 961. The number of carbonyl (C=O) groups is 1. The molecule has 0 spiro atoms. The molecule has 26 heavy (non-hydrogen) atoms. The molecule has 1 atom stereocenters. The van der Waals surface area contributed by atoms with Gasteiger partial charge in [0.05, 0.1) is 18.6 Å². The Morgan fingerprint density at radius 3 is 3.00 bits per heavy atom. The molecule has 1 amide bonds. The van der Waals surface area contributed by atoms with Gasteiger partial charge in [0, 0.05) is 17.4 Å². The van der Waals surface area contributed by atoms with E-state index in [2.05, 4.69) is 15.1 Å². The maximum absolute atomic E-state index is 12.9. The van der Waals surface area contributed by atoms with E-state index in [1.165, 1.54) is 0 Å². The average molecular weight is 354 g/mol. The number of H-pyrrole nitrogens is 1. The highest BCUT2D eigenvalue weighted by molar-refractivity contribution is 5.98. The van der Waals surface area contributed by atoms with Crippen molar-refractivity contribution >= 4 is 16.8 Å². The molecule has 2 N–H and O–H groups in total. The van der Waals surface area contributed by atoms with Crippen LogP contribution in [0.25, 0.3) is 10.9 Å². The molecule has 1 aromatic carbocycles. The minimum atomic E-state index is -1.05. The molecular formula is C19H22N4O3. The van der Waals surface area contributed by atoms with Crippen molar-refractivity contribution in [2.24, 2.45) is 0 Å². The summed E-state index contributed by atoms with van der Waals surface area (Å²) in [6, 6.07) is 7.92. The molecule has 0 saturated carbocycles. The van der Waals surface area contributed by atoms with Crippen LogP contribution >= 0.6 is 0 Å². The van der Waals surface area contributed by atoms with E-state index < -0.39 is 5.60 Å². The Kier molecular flexibility index (Phi) is 4.03. The monoisotopic (exact) mass is 354 g/mol. The highest BCUT2D eigenvalue weighted by atomic mass is 16.5. The first-order chi connectivity index (χ1) is 12.4. The van der Waals surface area contributed by atoms with Crippen molar-refractivity contribution in [3.8, 4) is 0 Å². The number of benzene rings is 1. The number of carbonyl (C=O) groups excluding carboxylic acids is 1. The van der Waals surface area contributed by atoms with Crippen molar-refractivity contribution in [1.29, 1.82) is 0 Å². The van der Waals surface area contributed by atoms with Gasteiger partial charge in [-0.15, -0.1) is 0 Å². The number of hydrogen-bond donors (Lipinski definition) is 2. The summed E-state index contributed by atoms with van der Waals surface area (Å²) < 4.78 is 5.13. The second-order valence-electron chi connectivity index (χ2n) is 7.24. The Morgan fingerprint density at radius 2 is 2.23 bits per heavy atom. The predicted octanol–water partition coefficient (Wildman–Crippen LogP) is 2.38. The molecule has 0 aliphatic carbocycles. The second kappa shape index (κ2) is 6.25. The van der Waals surface area contributed by atoms with Gasteiger partial charge in [-0.2, -0.15) is 4.98 Å². The molecule has 1 fully saturated rings. The Morgan fingerprint density at radius 1 is 1.38 bits per heavy atom. The standard InChI is InChI=1S/C19H22N4O3/c1-12-4-5-14-9-16(21-15(14)8-12)18(24)23-7-3-6-19(25,11-23)10-17-20-13(2)22-26-17/h4-5,8-9,21,25H,3,6-7,10-11H2,1-2H3. The number of piperidine rings is 1. The molecule has 1 unspecified atom stereocenters. The quantitative estimate of drug-likeness (QED) is 0.753. The number of nitrogens with one attached hydrogen (secondary N) is 1. The first-order valence-corrected chi connectivity index (χ1v) is 8.82. The third kappa shape index (κ3) is 3.22. The number of nitrogens with zero attached hydrogens (tertiary/aromatic N) is 3. The highest BCUT2D eigenvalue weighted by Crippen LogP contribution is 2.27. The molecule has 7 nitrogen and oxygen atoms in total. The lowest BCUT2D eigenvalue weighted by atomic mass is 9.89. The third-order valence-corrected chi connectivity index (χ3v) is 4.90. The summed E-state index contributed by atoms with van der Waals surface area (Å²) in [5.74, 6) is 0.847. The van der Waals surface area contributed by atoms with Crippen molar-refractivity contribution < 1.29 is 14.4 Å². The molecule has 0 radical (unpaired) electrons. The highest BCUT2D eigenvalue weighted by Gasteiger charge is 2.37. The third-order valence-electron chi connectivity index (χ3n) is 4.90. The van der Waals surface area contributed by atoms with Crippen molar-refractivity contribution in [1.82, 2.24) is 20.0 Å². The summed E-state index contributed by atoms with van der Waals surface area (Å²) >= 11 is 0. The molecule has 1 aliphatic heterocycles. The van der Waals surface area contributed by atoms with Gasteiger partial charge in [0.2, 0.25) is 5.89 Å². The van der Waals surface area contributed by atoms with Crippen LogP contribution in [-0.4, -0.2) is 49.7 Å². The number of fused-ring (bicyclic) bond motifs is 1. The number of β-amino-alcohol motifs (C(OH)–C–C–N with tert-alkyl or cyclic N) is 1. The SMILES string of the molecule is Cc1ccc2cc(C(=O)N3CCCC(O)(Cc4nc(C)no4)C3)[nH]c2c1. The lowest BCUT2D eigenvalue weighted by Crippen LogP contribution is -2.51. The van der Waals surface area contributed by atoms with Crippen molar-refractivity contribution in [3.05, 3.63) is 47.2 Å². The van der Waals surface area contributed by atoms with Gasteiger partial charge in [-0.1, -0.05) is 17.3 Å². The van der Waals surface area contributed by atoms with E-state index in [9.17, 15) is 9.90 Å². The van der Waals surface area contributed by atoms with Crippen LogP contribution < -0.4 is 0 Å². The number of rotatable bonds is 3. The van der Waals surface area contributed by atoms with Crippen LogP contribution in [0.3, 0.4) is 0 Å². The van der Waals surface area contributed by atoms with E-state index >= 15 is 0 Å². The van der Waals surface area contributed by atoms with Crippen LogP contribution in [0.15, 0.2) is 28.8 Å². The molecule has 3 aromatic rings. The lowest BCUT2D eigenvalue weighted by Gasteiger charge is -2.38. The summed E-state index contributed by atoms with van der Waals surface area (Å²) in [6.45, 7) is 4.64. The van der Waals surface area contributed by atoms with Gasteiger partial charge in [0.15, 0.2) is 5.82 Å². The number of amides is 1. The Balaban J connectivity index is 1.53. The van der Waals surface area contributed by atoms with Gasteiger partial charge in [0.1, 0.15) is 5.69 Å². The van der Waals surface area contributed by atoms with Crippen LogP contribution in [0, 0.1) is 13.8 Å². The van der Waals surface area contributed by atoms with Gasteiger partial charge in [-0.25, -0.2) is 0 Å². The fraction of sp³-hybridized carbons (Fsp3) is 0.421. The number of aromatic amines is 1. The molecule has 2 aromatic heterocycles. The zero-order valence-corrected chi connectivity index (χ0v) is 15.0. The van der Waals surface area contributed by atoms with E-state index in [1.54, 1.807) is 11.8 Å². The lowest BCUT2D eigenvalue weighted by molar-refractivity contribution is -0.0287. The molecule has 0 bridgehead atoms. The van der Waals surface area contributed by atoms with Crippen molar-refractivity contribution in [2.75, 3.05) is 13.1 Å². The van der Waals surface area contributed by atoms with Gasteiger partial charge < -0.3 is 19.5 Å².